The van der Waals surface area contributed by atoms with Crippen molar-refractivity contribution in [3.8, 4) is 11.5 Å². The smallest absolute Gasteiger partial charge is 0.132 e. The molecule has 3 aliphatic rings. The van der Waals surface area contributed by atoms with Crippen LogP contribution >= 0.6 is 0 Å². The number of fused-ring (bicyclic) bond motifs is 4. The Kier molecular flexibility index (Phi) is 3.61. The summed E-state index contributed by atoms with van der Waals surface area (Å²) in [4.78, 5) is 5.33. The summed E-state index contributed by atoms with van der Waals surface area (Å²) in [6.07, 6.45) is 3.70. The number of benzene rings is 2. The van der Waals surface area contributed by atoms with E-state index in [0.717, 1.165) is 17.9 Å². The lowest BCUT2D eigenvalue weighted by atomic mass is 9.94. The van der Waals surface area contributed by atoms with Crippen LogP contribution in [0.25, 0.3) is 0 Å². The number of nitrogens with zero attached hydrogens (tertiary/aromatic N) is 2. The van der Waals surface area contributed by atoms with E-state index in [4.69, 9.17) is 4.74 Å². The summed E-state index contributed by atoms with van der Waals surface area (Å²) in [7, 11) is 2.27. The van der Waals surface area contributed by atoms with Gasteiger partial charge in [0.05, 0.1) is 0 Å². The van der Waals surface area contributed by atoms with Gasteiger partial charge in [0, 0.05) is 36.8 Å². The van der Waals surface area contributed by atoms with E-state index < -0.39 is 0 Å². The largest absolute Gasteiger partial charge is 0.457 e. The summed E-state index contributed by atoms with van der Waals surface area (Å²) in [6, 6.07) is 17.0. The van der Waals surface area contributed by atoms with Crippen LogP contribution in [0.5, 0.6) is 11.5 Å². The predicted molar refractivity (Wildman–Crippen MR) is 100 cm³/mol. The van der Waals surface area contributed by atoms with Crippen LogP contribution in [0.15, 0.2) is 42.5 Å². The van der Waals surface area contributed by atoms with Gasteiger partial charge in [-0.3, -0.25) is 4.90 Å². The Hall–Kier alpha value is -1.84. The monoisotopic (exact) mass is 334 g/mol. The highest BCUT2D eigenvalue weighted by molar-refractivity contribution is 5.48. The molecular weight excluding hydrogens is 308 g/mol. The minimum atomic E-state index is 0.422. The lowest BCUT2D eigenvalue weighted by Gasteiger charge is -2.44. The molecule has 0 radical (unpaired) electrons. The highest BCUT2D eigenvalue weighted by atomic mass is 16.5. The van der Waals surface area contributed by atoms with Crippen molar-refractivity contribution in [2.45, 2.75) is 44.3 Å². The Morgan fingerprint density at radius 2 is 1.72 bits per heavy atom. The van der Waals surface area contributed by atoms with Crippen LogP contribution in [0.4, 0.5) is 0 Å². The molecule has 0 spiro atoms. The second kappa shape index (κ2) is 5.86. The van der Waals surface area contributed by atoms with Crippen molar-refractivity contribution in [3.05, 3.63) is 59.2 Å². The van der Waals surface area contributed by atoms with Gasteiger partial charge in [0.2, 0.25) is 0 Å². The van der Waals surface area contributed by atoms with Gasteiger partial charge in [0.1, 0.15) is 11.5 Å². The first kappa shape index (κ1) is 15.4. The number of hydrogen-bond acceptors (Lipinski definition) is 3. The number of aryl methyl sites for hydroxylation is 1. The average Bonchev–Trinajstić information content (AvgIpc) is 2.78. The molecule has 3 aliphatic heterocycles. The van der Waals surface area contributed by atoms with Gasteiger partial charge in [-0.2, -0.15) is 0 Å². The third-order valence-electron chi connectivity index (χ3n) is 6.21. The Balaban J connectivity index is 1.60. The van der Waals surface area contributed by atoms with Gasteiger partial charge >= 0.3 is 0 Å². The number of likely N-dealkylation sites (tertiary alicyclic amines) is 1. The molecule has 5 rings (SSSR count). The van der Waals surface area contributed by atoms with E-state index in [1.165, 1.54) is 42.6 Å². The molecule has 0 aliphatic carbocycles. The first-order valence-corrected chi connectivity index (χ1v) is 9.51. The Morgan fingerprint density at radius 3 is 2.52 bits per heavy atom. The van der Waals surface area contributed by atoms with Crippen LogP contribution < -0.4 is 4.74 Å². The Bertz CT molecular complexity index is 788. The Labute approximate surface area is 150 Å². The fraction of sp³-hybridized carbons (Fsp3) is 0.455. The summed E-state index contributed by atoms with van der Waals surface area (Å²) < 4.78 is 6.35. The predicted octanol–water partition coefficient (Wildman–Crippen LogP) is 4.16. The molecule has 25 heavy (non-hydrogen) atoms. The normalized spacial score (nSPS) is 28.8. The number of hydrogen-bond donors (Lipinski definition) is 0. The van der Waals surface area contributed by atoms with Gasteiger partial charge in [0.15, 0.2) is 0 Å². The molecule has 3 unspecified atom stereocenters. The van der Waals surface area contributed by atoms with Gasteiger partial charge < -0.3 is 9.64 Å². The van der Waals surface area contributed by atoms with E-state index >= 15 is 0 Å². The highest BCUT2D eigenvalue weighted by Crippen LogP contribution is 2.45. The molecule has 2 fully saturated rings. The fourth-order valence-electron chi connectivity index (χ4n) is 5.17. The van der Waals surface area contributed by atoms with E-state index in [1.54, 1.807) is 0 Å². The Morgan fingerprint density at radius 1 is 0.960 bits per heavy atom. The van der Waals surface area contributed by atoms with Crippen molar-refractivity contribution in [1.29, 1.82) is 0 Å². The lowest BCUT2D eigenvalue weighted by molar-refractivity contribution is 0.0434. The highest BCUT2D eigenvalue weighted by Gasteiger charge is 2.44. The van der Waals surface area contributed by atoms with E-state index in [1.807, 2.05) is 0 Å². The zero-order chi connectivity index (χ0) is 17.0. The van der Waals surface area contributed by atoms with Gasteiger partial charge in [0.25, 0.3) is 0 Å². The lowest BCUT2D eigenvalue weighted by Crippen LogP contribution is -2.53. The average molecular weight is 334 g/mol. The third-order valence-corrected chi connectivity index (χ3v) is 6.21. The summed E-state index contributed by atoms with van der Waals surface area (Å²) in [5.41, 5.74) is 4.02. The number of likely N-dealkylation sites (N-methyl/N-ethyl adjacent to an activating group) is 1. The van der Waals surface area contributed by atoms with Crippen LogP contribution in [0.3, 0.4) is 0 Å². The quantitative estimate of drug-likeness (QED) is 0.779. The number of piperazine rings is 1. The van der Waals surface area contributed by atoms with Crippen LogP contribution in [0, 0.1) is 6.92 Å². The maximum absolute atomic E-state index is 6.35. The van der Waals surface area contributed by atoms with Gasteiger partial charge in [-0.05, 0) is 50.9 Å². The standard InChI is InChI=1S/C22H26N2O/c1-15-7-10-21-16(11-15)12-20(19-5-3-4-6-22(19)25-21)24-17-8-9-18(24)14-23(2)13-17/h3-7,10-11,17-18,20H,8-9,12-14H2,1-2H3. The summed E-state index contributed by atoms with van der Waals surface area (Å²) in [5.74, 6) is 2.07. The molecule has 0 saturated carbocycles. The van der Waals surface area contributed by atoms with E-state index in [0.29, 0.717) is 18.1 Å². The van der Waals surface area contributed by atoms with Crippen molar-refractivity contribution in [3.63, 3.8) is 0 Å². The summed E-state index contributed by atoms with van der Waals surface area (Å²) in [5, 5.41) is 0. The second-order valence-electron chi connectivity index (χ2n) is 8.02. The molecular formula is C22H26N2O. The number of rotatable bonds is 1. The molecule has 3 heterocycles. The molecule has 3 nitrogen and oxygen atoms in total. The minimum absolute atomic E-state index is 0.422. The first-order chi connectivity index (χ1) is 12.2. The molecule has 2 aromatic carbocycles. The zero-order valence-electron chi connectivity index (χ0n) is 15.1. The first-order valence-electron chi connectivity index (χ1n) is 9.51. The number of ether oxygens (including phenoxy) is 1. The molecule has 3 atom stereocenters. The fourth-order valence-corrected chi connectivity index (χ4v) is 5.17. The van der Waals surface area contributed by atoms with Gasteiger partial charge in [-0.15, -0.1) is 0 Å². The van der Waals surface area contributed by atoms with Crippen molar-refractivity contribution < 1.29 is 4.74 Å². The van der Waals surface area contributed by atoms with Crippen molar-refractivity contribution in [2.75, 3.05) is 20.1 Å². The van der Waals surface area contributed by atoms with E-state index in [2.05, 4.69) is 66.2 Å². The molecule has 2 saturated heterocycles. The second-order valence-corrected chi connectivity index (χ2v) is 8.02. The molecule has 130 valence electrons. The minimum Gasteiger partial charge on any atom is -0.457 e. The van der Waals surface area contributed by atoms with Crippen LogP contribution in [0.2, 0.25) is 0 Å². The van der Waals surface area contributed by atoms with Crippen LogP contribution in [-0.2, 0) is 6.42 Å². The van der Waals surface area contributed by atoms with E-state index in [-0.39, 0.29) is 0 Å². The van der Waals surface area contributed by atoms with Crippen molar-refractivity contribution >= 4 is 0 Å². The van der Waals surface area contributed by atoms with Gasteiger partial charge in [-0.25, -0.2) is 0 Å². The molecule has 0 amide bonds. The maximum atomic E-state index is 6.35. The zero-order valence-corrected chi connectivity index (χ0v) is 15.1. The van der Waals surface area contributed by atoms with E-state index in [9.17, 15) is 0 Å². The van der Waals surface area contributed by atoms with Crippen LogP contribution in [-0.4, -0.2) is 42.0 Å². The molecule has 0 N–H and O–H groups in total. The maximum Gasteiger partial charge on any atom is 0.132 e. The molecule has 0 aromatic heterocycles. The molecule has 3 heteroatoms. The molecule has 2 aromatic rings. The topological polar surface area (TPSA) is 15.7 Å². The molecule has 2 bridgehead atoms. The SMILES string of the molecule is Cc1ccc2c(c1)CC(N1C3CCC1CN(C)C3)c1ccccc1O2. The third kappa shape index (κ3) is 2.57. The van der Waals surface area contributed by atoms with Crippen LogP contribution in [0.1, 0.15) is 35.6 Å². The summed E-state index contributed by atoms with van der Waals surface area (Å²) >= 11 is 0. The van der Waals surface area contributed by atoms with Gasteiger partial charge in [-0.1, -0.05) is 35.9 Å². The van der Waals surface area contributed by atoms with Crippen molar-refractivity contribution in [2.24, 2.45) is 0 Å². The number of para-hydroxylation sites is 1. The van der Waals surface area contributed by atoms with Crippen molar-refractivity contribution in [1.82, 2.24) is 9.80 Å². The summed E-state index contributed by atoms with van der Waals surface area (Å²) in [6.45, 7) is 4.56.